The molecular weight excluding hydrogens is 268 g/mol. The summed E-state index contributed by atoms with van der Waals surface area (Å²) in [7, 11) is 0. The second kappa shape index (κ2) is 5.00. The zero-order valence-electron chi connectivity index (χ0n) is 12.2. The molecule has 0 saturated carbocycles. The average Bonchev–Trinajstić information content (AvgIpc) is 2.78. The molecule has 0 radical (unpaired) electrons. The molecule has 5 nitrogen and oxygen atoms in total. The Kier molecular flexibility index (Phi) is 3.29. The molecule has 0 bridgehead atoms. The lowest BCUT2D eigenvalue weighted by Gasteiger charge is -2.30. The van der Waals surface area contributed by atoms with Gasteiger partial charge in [0, 0.05) is 24.2 Å². The first-order valence-electron chi connectivity index (χ1n) is 7.18. The molecule has 0 aromatic heterocycles. The smallest absolute Gasteiger partial charge is 0.212 e. The number of likely N-dealkylation sites (N-methyl/N-ethyl adjacent to an activating group) is 1. The second-order valence-electron chi connectivity index (χ2n) is 5.24. The van der Waals surface area contributed by atoms with Crippen molar-refractivity contribution in [2.75, 3.05) is 19.7 Å². The van der Waals surface area contributed by atoms with Gasteiger partial charge in [-0.05, 0) is 13.8 Å². The van der Waals surface area contributed by atoms with Gasteiger partial charge in [0.05, 0.1) is 12.8 Å². The maximum absolute atomic E-state index is 12.8. The van der Waals surface area contributed by atoms with E-state index >= 15 is 0 Å². The summed E-state index contributed by atoms with van der Waals surface area (Å²) in [5.41, 5.74) is 1.83. The highest BCUT2D eigenvalue weighted by atomic mass is 16.3. The van der Waals surface area contributed by atoms with Gasteiger partial charge in [0.1, 0.15) is 11.4 Å². The van der Waals surface area contributed by atoms with E-state index in [1.807, 2.05) is 23.6 Å². The van der Waals surface area contributed by atoms with Crippen LogP contribution in [0, 0.1) is 0 Å². The van der Waals surface area contributed by atoms with Crippen LogP contribution in [0.15, 0.2) is 35.7 Å². The van der Waals surface area contributed by atoms with E-state index in [4.69, 9.17) is 0 Å². The number of ketones is 2. The predicted octanol–water partition coefficient (Wildman–Crippen LogP) is 1.25. The molecule has 2 aliphatic rings. The Labute approximate surface area is 123 Å². The van der Waals surface area contributed by atoms with E-state index in [1.165, 1.54) is 0 Å². The number of benzene rings is 1. The maximum atomic E-state index is 12.8. The Hall–Kier alpha value is -2.14. The van der Waals surface area contributed by atoms with Crippen LogP contribution in [0.4, 0.5) is 0 Å². The quantitative estimate of drug-likeness (QED) is 0.906. The number of allylic oxidation sites excluding steroid dienone is 2. The molecule has 1 aliphatic carbocycles. The minimum atomic E-state index is -0.128. The van der Waals surface area contributed by atoms with Crippen LogP contribution in [0.25, 0.3) is 0 Å². The molecule has 3 rings (SSSR count). The van der Waals surface area contributed by atoms with Gasteiger partial charge < -0.3 is 14.9 Å². The molecule has 5 heteroatoms. The molecule has 1 aromatic carbocycles. The van der Waals surface area contributed by atoms with Crippen molar-refractivity contribution < 1.29 is 14.7 Å². The normalized spacial score (nSPS) is 21.0. The van der Waals surface area contributed by atoms with Crippen molar-refractivity contribution in [2.45, 2.75) is 20.0 Å². The van der Waals surface area contributed by atoms with Crippen molar-refractivity contribution >= 4 is 11.6 Å². The number of aliphatic hydroxyl groups is 1. The average molecular weight is 286 g/mol. The standard InChI is InChI=1S/C16H18N2O3/c1-3-17-10(2)18(8-9-19)14-13(17)15(20)11-6-4-5-7-12(11)16(14)21/h4-7,10,19H,3,8-9H2,1-2H3. The van der Waals surface area contributed by atoms with Gasteiger partial charge in [-0.1, -0.05) is 24.3 Å². The molecule has 0 amide bonds. The zero-order chi connectivity index (χ0) is 15.1. The van der Waals surface area contributed by atoms with E-state index < -0.39 is 0 Å². The Morgan fingerprint density at radius 2 is 1.57 bits per heavy atom. The van der Waals surface area contributed by atoms with Crippen molar-refractivity contribution in [1.82, 2.24) is 9.80 Å². The molecule has 21 heavy (non-hydrogen) atoms. The molecule has 1 N–H and O–H groups in total. The van der Waals surface area contributed by atoms with Gasteiger partial charge >= 0.3 is 0 Å². The second-order valence-corrected chi connectivity index (χ2v) is 5.24. The highest BCUT2D eigenvalue weighted by Crippen LogP contribution is 2.37. The van der Waals surface area contributed by atoms with Gasteiger partial charge in [0.25, 0.3) is 0 Å². The molecule has 1 unspecified atom stereocenters. The maximum Gasteiger partial charge on any atom is 0.212 e. The van der Waals surface area contributed by atoms with E-state index in [0.717, 1.165) is 0 Å². The van der Waals surface area contributed by atoms with E-state index in [2.05, 4.69) is 0 Å². The van der Waals surface area contributed by atoms with Crippen LogP contribution < -0.4 is 0 Å². The first-order valence-corrected chi connectivity index (χ1v) is 7.18. The summed E-state index contributed by atoms with van der Waals surface area (Å²) in [5.74, 6) is -0.231. The first kappa shape index (κ1) is 13.8. The third-order valence-corrected chi connectivity index (χ3v) is 4.23. The predicted molar refractivity (Wildman–Crippen MR) is 77.8 cm³/mol. The van der Waals surface area contributed by atoms with E-state index in [0.29, 0.717) is 35.6 Å². The molecule has 1 atom stereocenters. The monoisotopic (exact) mass is 286 g/mol. The van der Waals surface area contributed by atoms with Crippen LogP contribution in [0.5, 0.6) is 0 Å². The minimum Gasteiger partial charge on any atom is -0.395 e. The molecule has 110 valence electrons. The van der Waals surface area contributed by atoms with Crippen LogP contribution in [-0.4, -0.2) is 52.3 Å². The van der Waals surface area contributed by atoms with Crippen molar-refractivity contribution in [1.29, 1.82) is 0 Å². The largest absolute Gasteiger partial charge is 0.395 e. The molecule has 0 saturated heterocycles. The van der Waals surface area contributed by atoms with Crippen LogP contribution in [0.3, 0.4) is 0 Å². The molecule has 0 spiro atoms. The van der Waals surface area contributed by atoms with Crippen molar-refractivity contribution in [3.05, 3.63) is 46.8 Å². The molecular formula is C16H18N2O3. The van der Waals surface area contributed by atoms with Crippen LogP contribution in [-0.2, 0) is 0 Å². The molecule has 1 aliphatic heterocycles. The lowest BCUT2D eigenvalue weighted by Crippen LogP contribution is -2.40. The fourth-order valence-electron chi connectivity index (χ4n) is 3.25. The van der Waals surface area contributed by atoms with Crippen LogP contribution in [0.2, 0.25) is 0 Å². The van der Waals surface area contributed by atoms with E-state index in [9.17, 15) is 14.7 Å². The van der Waals surface area contributed by atoms with E-state index in [1.54, 1.807) is 24.3 Å². The van der Waals surface area contributed by atoms with E-state index in [-0.39, 0.29) is 24.3 Å². The Morgan fingerprint density at radius 3 is 2.05 bits per heavy atom. The highest BCUT2D eigenvalue weighted by Gasteiger charge is 2.45. The minimum absolute atomic E-state index is 0.0538. The Bertz CT molecular complexity index is 651. The lowest BCUT2D eigenvalue weighted by molar-refractivity contribution is 0.0936. The Morgan fingerprint density at radius 1 is 1.05 bits per heavy atom. The number of rotatable bonds is 3. The summed E-state index contributed by atoms with van der Waals surface area (Å²) in [5, 5.41) is 9.26. The van der Waals surface area contributed by atoms with Gasteiger partial charge in [0.2, 0.25) is 11.6 Å². The van der Waals surface area contributed by atoms with Gasteiger partial charge in [-0.15, -0.1) is 0 Å². The van der Waals surface area contributed by atoms with Crippen LogP contribution in [0.1, 0.15) is 34.6 Å². The fraction of sp³-hybridized carbons (Fsp3) is 0.375. The number of carbonyl (C=O) groups excluding carboxylic acids is 2. The number of fused-ring (bicyclic) bond motifs is 1. The first-order chi connectivity index (χ1) is 10.1. The fourth-order valence-corrected chi connectivity index (χ4v) is 3.25. The Balaban J connectivity index is 2.18. The number of hydrogen-bond donors (Lipinski definition) is 1. The SMILES string of the molecule is CCN1C2=C(C(=O)c3ccccc3C2=O)N(CCO)C1C. The summed E-state index contributed by atoms with van der Waals surface area (Å²) >= 11 is 0. The van der Waals surface area contributed by atoms with Gasteiger partial charge in [-0.25, -0.2) is 0 Å². The number of carbonyl (C=O) groups is 2. The topological polar surface area (TPSA) is 60.9 Å². The number of hydrogen-bond acceptors (Lipinski definition) is 5. The number of β-amino-alcohol motifs (C(OH)–C–C–N with tert-alkyl or cyclic N) is 1. The summed E-state index contributed by atoms with van der Waals surface area (Å²) in [6, 6.07) is 6.93. The summed E-state index contributed by atoms with van der Waals surface area (Å²) in [6.45, 7) is 4.84. The number of nitrogens with zero attached hydrogens (tertiary/aromatic N) is 2. The zero-order valence-corrected chi connectivity index (χ0v) is 12.2. The third kappa shape index (κ3) is 1.81. The summed E-state index contributed by atoms with van der Waals surface area (Å²) in [4.78, 5) is 29.3. The molecule has 0 fully saturated rings. The van der Waals surface area contributed by atoms with Crippen molar-refractivity contribution in [3.63, 3.8) is 0 Å². The van der Waals surface area contributed by atoms with Gasteiger partial charge in [-0.3, -0.25) is 9.59 Å². The number of Topliss-reactive ketones (excluding diaryl/α,β-unsaturated/α-hetero) is 2. The molecule has 1 aromatic rings. The highest BCUT2D eigenvalue weighted by molar-refractivity contribution is 6.26. The van der Waals surface area contributed by atoms with Gasteiger partial charge in [0.15, 0.2) is 0 Å². The summed E-state index contributed by atoms with van der Waals surface area (Å²) < 4.78 is 0. The lowest BCUT2D eigenvalue weighted by atomic mass is 9.90. The van der Waals surface area contributed by atoms with Crippen molar-refractivity contribution in [3.8, 4) is 0 Å². The van der Waals surface area contributed by atoms with Gasteiger partial charge in [-0.2, -0.15) is 0 Å². The third-order valence-electron chi connectivity index (χ3n) is 4.23. The molecule has 1 heterocycles. The van der Waals surface area contributed by atoms with Crippen molar-refractivity contribution in [2.24, 2.45) is 0 Å². The number of aliphatic hydroxyl groups excluding tert-OH is 1. The summed E-state index contributed by atoms with van der Waals surface area (Å²) in [6.07, 6.45) is -0.102. The van der Waals surface area contributed by atoms with Crippen LogP contribution >= 0.6 is 0 Å².